The Balaban J connectivity index is 1.46. The fourth-order valence-electron chi connectivity index (χ4n) is 2.73. The molecular formula is C19H23N3O3. The average Bonchev–Trinajstić information content (AvgIpc) is 3.09. The van der Waals surface area contributed by atoms with Crippen LogP contribution in [-0.4, -0.2) is 46.6 Å². The molecule has 25 heavy (non-hydrogen) atoms. The summed E-state index contributed by atoms with van der Waals surface area (Å²) in [7, 11) is 0. The highest BCUT2D eigenvalue weighted by molar-refractivity contribution is 5.78. The molecule has 2 aromatic rings. The molecule has 1 atom stereocenters. The van der Waals surface area contributed by atoms with Gasteiger partial charge < -0.3 is 14.4 Å². The Hall–Kier alpha value is -2.63. The summed E-state index contributed by atoms with van der Waals surface area (Å²) in [5.41, 5.74) is 1.25. The first kappa shape index (κ1) is 17.2. The van der Waals surface area contributed by atoms with Crippen LogP contribution in [0.25, 0.3) is 0 Å². The molecule has 1 aromatic carbocycles. The maximum absolute atomic E-state index is 12.3. The van der Waals surface area contributed by atoms with Gasteiger partial charge in [-0.3, -0.25) is 4.79 Å². The molecule has 0 saturated carbocycles. The van der Waals surface area contributed by atoms with Crippen molar-refractivity contribution in [1.29, 1.82) is 0 Å². The Bertz CT molecular complexity index is 689. The van der Waals surface area contributed by atoms with Crippen molar-refractivity contribution in [3.05, 3.63) is 48.3 Å². The third-order valence-corrected chi connectivity index (χ3v) is 4.22. The number of ether oxygens (including phenoxy) is 2. The van der Waals surface area contributed by atoms with Crippen molar-refractivity contribution in [2.75, 3.05) is 19.7 Å². The zero-order valence-corrected chi connectivity index (χ0v) is 14.6. The van der Waals surface area contributed by atoms with E-state index in [0.29, 0.717) is 30.8 Å². The lowest BCUT2D eigenvalue weighted by Crippen LogP contribution is -2.34. The van der Waals surface area contributed by atoms with Crippen LogP contribution in [0.1, 0.15) is 31.7 Å². The van der Waals surface area contributed by atoms with Crippen molar-refractivity contribution in [3.8, 4) is 11.8 Å². The third kappa shape index (κ3) is 4.68. The van der Waals surface area contributed by atoms with E-state index in [1.807, 2.05) is 24.3 Å². The number of hydrogen-bond donors (Lipinski definition) is 0. The van der Waals surface area contributed by atoms with E-state index in [2.05, 4.69) is 23.8 Å². The molecule has 0 spiro atoms. The number of hydrogen-bond acceptors (Lipinski definition) is 5. The highest BCUT2D eigenvalue weighted by Gasteiger charge is 2.28. The van der Waals surface area contributed by atoms with Crippen molar-refractivity contribution < 1.29 is 14.3 Å². The molecular weight excluding hydrogens is 318 g/mol. The van der Waals surface area contributed by atoms with Gasteiger partial charge in [-0.2, -0.15) is 0 Å². The number of amides is 1. The van der Waals surface area contributed by atoms with E-state index < -0.39 is 0 Å². The molecule has 1 amide bonds. The summed E-state index contributed by atoms with van der Waals surface area (Å²) in [6, 6.07) is 9.97. The van der Waals surface area contributed by atoms with Gasteiger partial charge >= 0.3 is 6.01 Å². The lowest BCUT2D eigenvalue weighted by molar-refractivity contribution is -0.132. The van der Waals surface area contributed by atoms with Crippen LogP contribution in [0.3, 0.4) is 0 Å². The van der Waals surface area contributed by atoms with E-state index in [4.69, 9.17) is 9.47 Å². The summed E-state index contributed by atoms with van der Waals surface area (Å²) in [5, 5.41) is 0. The second-order valence-electron chi connectivity index (χ2n) is 6.41. The maximum atomic E-state index is 12.3. The standard InChI is InChI=1S/C19H23N3O3/c1-14(2)15-4-6-16(7-5-15)24-13-18(23)22-11-8-17(12-22)25-19-20-9-3-10-21-19/h3-7,9-10,14,17H,8,11-13H2,1-2H3/t17-/m1/s1. The molecule has 6 nitrogen and oxygen atoms in total. The van der Waals surface area contributed by atoms with Crippen LogP contribution in [-0.2, 0) is 4.79 Å². The molecule has 0 radical (unpaired) electrons. The Morgan fingerprint density at radius 1 is 1.24 bits per heavy atom. The van der Waals surface area contributed by atoms with Crippen LogP contribution >= 0.6 is 0 Å². The smallest absolute Gasteiger partial charge is 0.316 e. The minimum absolute atomic E-state index is 0.0342. The Kier molecular flexibility index (Phi) is 5.48. The Morgan fingerprint density at radius 2 is 1.96 bits per heavy atom. The van der Waals surface area contributed by atoms with Gasteiger partial charge in [0.1, 0.15) is 11.9 Å². The lowest BCUT2D eigenvalue weighted by Gasteiger charge is -2.17. The SMILES string of the molecule is CC(C)c1ccc(OCC(=O)N2CC[C@@H](Oc3ncccn3)C2)cc1. The number of aromatic nitrogens is 2. The second-order valence-corrected chi connectivity index (χ2v) is 6.41. The molecule has 2 heterocycles. The van der Waals surface area contributed by atoms with E-state index in [-0.39, 0.29) is 18.6 Å². The summed E-state index contributed by atoms with van der Waals surface area (Å²) >= 11 is 0. The van der Waals surface area contributed by atoms with Crippen molar-refractivity contribution >= 4 is 5.91 Å². The predicted octanol–water partition coefficient (Wildman–Crippen LogP) is 2.66. The summed E-state index contributed by atoms with van der Waals surface area (Å²) in [4.78, 5) is 22.2. The first-order chi connectivity index (χ1) is 12.1. The molecule has 1 aliphatic rings. The number of carbonyl (C=O) groups is 1. The van der Waals surface area contributed by atoms with Gasteiger partial charge in [-0.15, -0.1) is 0 Å². The van der Waals surface area contributed by atoms with E-state index >= 15 is 0 Å². The van der Waals surface area contributed by atoms with Crippen LogP contribution in [0.15, 0.2) is 42.7 Å². The van der Waals surface area contributed by atoms with E-state index in [9.17, 15) is 4.79 Å². The number of likely N-dealkylation sites (tertiary alicyclic amines) is 1. The minimum atomic E-state index is -0.0725. The lowest BCUT2D eigenvalue weighted by atomic mass is 10.0. The van der Waals surface area contributed by atoms with Crippen LogP contribution in [0.4, 0.5) is 0 Å². The third-order valence-electron chi connectivity index (χ3n) is 4.22. The van der Waals surface area contributed by atoms with E-state index in [0.717, 1.165) is 6.42 Å². The van der Waals surface area contributed by atoms with Crippen molar-refractivity contribution in [2.24, 2.45) is 0 Å². The van der Waals surface area contributed by atoms with Gasteiger partial charge in [-0.25, -0.2) is 9.97 Å². The first-order valence-electron chi connectivity index (χ1n) is 8.56. The van der Waals surface area contributed by atoms with Crippen LogP contribution in [0.2, 0.25) is 0 Å². The minimum Gasteiger partial charge on any atom is -0.484 e. The van der Waals surface area contributed by atoms with Gasteiger partial charge in [0.25, 0.3) is 5.91 Å². The number of benzene rings is 1. The Labute approximate surface area is 147 Å². The summed E-state index contributed by atoms with van der Waals surface area (Å²) in [5.74, 6) is 1.15. The normalized spacial score (nSPS) is 16.9. The van der Waals surface area contributed by atoms with E-state index in [1.165, 1.54) is 5.56 Å². The molecule has 0 aliphatic carbocycles. The quantitative estimate of drug-likeness (QED) is 0.808. The maximum Gasteiger partial charge on any atom is 0.316 e. The molecule has 1 aliphatic heterocycles. The number of nitrogens with zero attached hydrogens (tertiary/aromatic N) is 3. The predicted molar refractivity (Wildman–Crippen MR) is 93.7 cm³/mol. The molecule has 1 saturated heterocycles. The molecule has 0 N–H and O–H groups in total. The first-order valence-corrected chi connectivity index (χ1v) is 8.56. The molecule has 132 valence electrons. The van der Waals surface area contributed by atoms with Crippen LogP contribution in [0.5, 0.6) is 11.8 Å². The van der Waals surface area contributed by atoms with Gasteiger partial charge in [0.2, 0.25) is 0 Å². The van der Waals surface area contributed by atoms with E-state index in [1.54, 1.807) is 23.4 Å². The summed E-state index contributed by atoms with van der Waals surface area (Å²) in [6.45, 7) is 5.52. The van der Waals surface area contributed by atoms with Crippen molar-refractivity contribution in [3.63, 3.8) is 0 Å². The molecule has 0 unspecified atom stereocenters. The van der Waals surface area contributed by atoms with Crippen molar-refractivity contribution in [2.45, 2.75) is 32.3 Å². The topological polar surface area (TPSA) is 64.5 Å². The molecule has 3 rings (SSSR count). The largest absolute Gasteiger partial charge is 0.484 e. The summed E-state index contributed by atoms with van der Waals surface area (Å²) in [6.07, 6.45) is 3.97. The molecule has 0 bridgehead atoms. The van der Waals surface area contributed by atoms with Crippen molar-refractivity contribution in [1.82, 2.24) is 14.9 Å². The summed E-state index contributed by atoms with van der Waals surface area (Å²) < 4.78 is 11.3. The number of rotatable bonds is 6. The van der Waals surface area contributed by atoms with Crippen LogP contribution in [0, 0.1) is 0 Å². The number of carbonyl (C=O) groups excluding carboxylic acids is 1. The molecule has 1 aromatic heterocycles. The van der Waals surface area contributed by atoms with Gasteiger partial charge in [-0.1, -0.05) is 26.0 Å². The average molecular weight is 341 g/mol. The fraction of sp³-hybridized carbons (Fsp3) is 0.421. The van der Waals surface area contributed by atoms with Crippen LogP contribution < -0.4 is 9.47 Å². The molecule has 1 fully saturated rings. The highest BCUT2D eigenvalue weighted by atomic mass is 16.5. The van der Waals surface area contributed by atoms with Gasteiger partial charge in [0, 0.05) is 25.4 Å². The molecule has 6 heteroatoms. The van der Waals surface area contributed by atoms with Gasteiger partial charge in [0.15, 0.2) is 6.61 Å². The zero-order valence-electron chi connectivity index (χ0n) is 14.6. The monoisotopic (exact) mass is 341 g/mol. The van der Waals surface area contributed by atoms with Gasteiger partial charge in [-0.05, 0) is 29.7 Å². The Morgan fingerprint density at radius 3 is 2.64 bits per heavy atom. The fourth-order valence-corrected chi connectivity index (χ4v) is 2.73. The zero-order chi connectivity index (χ0) is 17.6. The van der Waals surface area contributed by atoms with Gasteiger partial charge in [0.05, 0.1) is 6.54 Å². The second kappa shape index (κ2) is 7.96. The highest BCUT2D eigenvalue weighted by Crippen LogP contribution is 2.19.